The van der Waals surface area contributed by atoms with Crippen LogP contribution in [0.1, 0.15) is 37.7 Å². The number of carbonyl (C=O) groups is 3. The minimum absolute atomic E-state index is 0.00770. The number of aryl methyl sites for hydroxylation is 1. The number of piperidine rings is 2. The molecule has 0 saturated carbocycles. The van der Waals surface area contributed by atoms with Crippen LogP contribution in [0, 0.1) is 18.3 Å². The Bertz CT molecular complexity index is 808. The van der Waals surface area contributed by atoms with Crippen LogP contribution in [-0.2, 0) is 14.4 Å². The highest BCUT2D eigenvalue weighted by molar-refractivity contribution is 5.93. The molecular formula is C23H32N4O3. The van der Waals surface area contributed by atoms with Gasteiger partial charge >= 0.3 is 0 Å². The topological polar surface area (TPSA) is 81.8 Å². The number of hydrogen-bond acceptors (Lipinski definition) is 4. The maximum absolute atomic E-state index is 12.7. The molecule has 1 spiro atoms. The van der Waals surface area contributed by atoms with Crippen molar-refractivity contribution in [2.45, 2.75) is 39.0 Å². The molecule has 3 heterocycles. The van der Waals surface area contributed by atoms with E-state index in [9.17, 15) is 14.4 Å². The minimum atomic E-state index is -0.237. The highest BCUT2D eigenvalue weighted by Gasteiger charge is 2.45. The third kappa shape index (κ3) is 4.36. The van der Waals surface area contributed by atoms with Crippen molar-refractivity contribution >= 4 is 23.4 Å². The third-order valence-corrected chi connectivity index (χ3v) is 7.16. The number of amides is 3. The number of para-hydroxylation sites is 1. The number of hydrogen-bond donors (Lipinski definition) is 2. The summed E-state index contributed by atoms with van der Waals surface area (Å²) in [5.74, 6) is 0.379. The summed E-state index contributed by atoms with van der Waals surface area (Å²) in [6.45, 7) is 6.02. The second kappa shape index (κ2) is 8.76. The molecule has 30 heavy (non-hydrogen) atoms. The van der Waals surface area contributed by atoms with E-state index in [4.69, 9.17) is 0 Å². The number of benzene rings is 1. The van der Waals surface area contributed by atoms with Crippen molar-refractivity contribution in [3.8, 4) is 0 Å². The van der Waals surface area contributed by atoms with E-state index in [1.54, 1.807) is 0 Å². The standard InChI is InChI=1S/C23H32N4O3/c1-17-4-2-3-5-19(17)25-21(29)18-6-12-26(13-7-18)16-20(28)27-14-9-23(10-15-27)8-11-24-22(23)30/h2-5,18H,6-16H2,1H3,(H,24,30)(H,25,29). The molecule has 1 aromatic rings. The summed E-state index contributed by atoms with van der Waals surface area (Å²) in [4.78, 5) is 41.5. The lowest BCUT2D eigenvalue weighted by molar-refractivity contribution is -0.139. The Morgan fingerprint density at radius 3 is 2.43 bits per heavy atom. The van der Waals surface area contributed by atoms with Gasteiger partial charge in [-0.3, -0.25) is 19.3 Å². The highest BCUT2D eigenvalue weighted by atomic mass is 16.2. The Balaban J connectivity index is 1.21. The second-order valence-corrected chi connectivity index (χ2v) is 9.02. The van der Waals surface area contributed by atoms with E-state index in [0.29, 0.717) is 19.6 Å². The first-order valence-corrected chi connectivity index (χ1v) is 11.1. The first kappa shape index (κ1) is 20.8. The molecule has 3 aliphatic heterocycles. The molecule has 0 aliphatic carbocycles. The fraction of sp³-hybridized carbons (Fsp3) is 0.609. The normalized spacial score (nSPS) is 22.2. The van der Waals surface area contributed by atoms with Crippen LogP contribution in [0.5, 0.6) is 0 Å². The molecule has 4 rings (SSSR count). The number of likely N-dealkylation sites (tertiary alicyclic amines) is 2. The molecule has 162 valence electrons. The van der Waals surface area contributed by atoms with E-state index in [0.717, 1.165) is 63.0 Å². The van der Waals surface area contributed by atoms with Crippen molar-refractivity contribution in [1.29, 1.82) is 0 Å². The smallest absolute Gasteiger partial charge is 0.236 e. The quantitative estimate of drug-likeness (QED) is 0.790. The van der Waals surface area contributed by atoms with Crippen molar-refractivity contribution in [3.63, 3.8) is 0 Å². The van der Waals surface area contributed by atoms with E-state index in [1.807, 2.05) is 36.1 Å². The second-order valence-electron chi connectivity index (χ2n) is 9.02. The Kier molecular flexibility index (Phi) is 6.09. The molecule has 3 fully saturated rings. The Morgan fingerprint density at radius 2 is 1.80 bits per heavy atom. The summed E-state index contributed by atoms with van der Waals surface area (Å²) in [6.07, 6.45) is 3.98. The predicted molar refractivity (Wildman–Crippen MR) is 115 cm³/mol. The van der Waals surface area contributed by atoms with Gasteiger partial charge in [0.1, 0.15) is 0 Å². The molecule has 3 aliphatic rings. The lowest BCUT2D eigenvalue weighted by atomic mass is 9.77. The lowest BCUT2D eigenvalue weighted by Gasteiger charge is -2.38. The van der Waals surface area contributed by atoms with Gasteiger partial charge in [0.2, 0.25) is 17.7 Å². The molecule has 0 bridgehead atoms. The van der Waals surface area contributed by atoms with Crippen molar-refractivity contribution in [2.75, 3.05) is 44.6 Å². The van der Waals surface area contributed by atoms with Gasteiger partial charge < -0.3 is 15.5 Å². The van der Waals surface area contributed by atoms with Gasteiger partial charge in [-0.15, -0.1) is 0 Å². The fourth-order valence-electron chi connectivity index (χ4n) is 4.97. The van der Waals surface area contributed by atoms with Gasteiger partial charge in [-0.25, -0.2) is 0 Å². The number of nitrogens with zero attached hydrogens (tertiary/aromatic N) is 2. The van der Waals surface area contributed by atoms with E-state index in [-0.39, 0.29) is 29.1 Å². The maximum atomic E-state index is 12.7. The minimum Gasteiger partial charge on any atom is -0.356 e. The molecule has 0 aromatic heterocycles. The molecule has 3 amide bonds. The number of rotatable bonds is 4. The summed E-state index contributed by atoms with van der Waals surface area (Å²) >= 11 is 0. The fourth-order valence-corrected chi connectivity index (χ4v) is 4.97. The Hall–Kier alpha value is -2.41. The summed E-state index contributed by atoms with van der Waals surface area (Å²) in [5.41, 5.74) is 1.70. The monoisotopic (exact) mass is 412 g/mol. The van der Waals surface area contributed by atoms with Crippen LogP contribution in [0.2, 0.25) is 0 Å². The van der Waals surface area contributed by atoms with E-state index in [1.165, 1.54) is 0 Å². The number of carbonyl (C=O) groups excluding carboxylic acids is 3. The predicted octanol–water partition coefficient (Wildman–Crippen LogP) is 1.77. The largest absolute Gasteiger partial charge is 0.356 e. The number of anilines is 1. The van der Waals surface area contributed by atoms with Crippen molar-refractivity contribution in [2.24, 2.45) is 11.3 Å². The summed E-state index contributed by atoms with van der Waals surface area (Å²) in [6, 6.07) is 7.81. The van der Waals surface area contributed by atoms with Crippen LogP contribution >= 0.6 is 0 Å². The zero-order chi connectivity index (χ0) is 21.1. The lowest BCUT2D eigenvalue weighted by Crippen LogP contribution is -2.50. The first-order valence-electron chi connectivity index (χ1n) is 11.1. The van der Waals surface area contributed by atoms with Gasteiger partial charge in [0.15, 0.2) is 0 Å². The molecule has 7 heteroatoms. The highest BCUT2D eigenvalue weighted by Crippen LogP contribution is 2.38. The molecule has 0 unspecified atom stereocenters. The molecule has 0 radical (unpaired) electrons. The molecule has 1 aromatic carbocycles. The number of nitrogens with one attached hydrogen (secondary N) is 2. The van der Waals surface area contributed by atoms with Crippen LogP contribution < -0.4 is 10.6 Å². The maximum Gasteiger partial charge on any atom is 0.236 e. The van der Waals surface area contributed by atoms with E-state index >= 15 is 0 Å². The molecule has 0 atom stereocenters. The van der Waals surface area contributed by atoms with Gasteiger partial charge in [-0.05, 0) is 63.7 Å². The van der Waals surface area contributed by atoms with Gasteiger partial charge in [-0.1, -0.05) is 18.2 Å². The van der Waals surface area contributed by atoms with Crippen LogP contribution in [0.25, 0.3) is 0 Å². The molecular weight excluding hydrogens is 380 g/mol. The Labute approximate surface area is 178 Å². The van der Waals surface area contributed by atoms with Crippen LogP contribution in [-0.4, -0.2) is 66.8 Å². The van der Waals surface area contributed by atoms with Gasteiger partial charge in [0.05, 0.1) is 12.0 Å². The first-order chi connectivity index (χ1) is 14.5. The van der Waals surface area contributed by atoms with E-state index < -0.39 is 0 Å². The Morgan fingerprint density at radius 1 is 1.10 bits per heavy atom. The van der Waals surface area contributed by atoms with Crippen LogP contribution in [0.3, 0.4) is 0 Å². The van der Waals surface area contributed by atoms with Crippen molar-refractivity contribution < 1.29 is 14.4 Å². The SMILES string of the molecule is Cc1ccccc1NC(=O)C1CCN(CC(=O)N2CCC3(CCNC3=O)CC2)CC1. The van der Waals surface area contributed by atoms with Crippen LogP contribution in [0.4, 0.5) is 5.69 Å². The van der Waals surface area contributed by atoms with Crippen molar-refractivity contribution in [3.05, 3.63) is 29.8 Å². The van der Waals surface area contributed by atoms with E-state index in [2.05, 4.69) is 15.5 Å². The van der Waals surface area contributed by atoms with Crippen LogP contribution in [0.15, 0.2) is 24.3 Å². The molecule has 3 saturated heterocycles. The summed E-state index contributed by atoms with van der Waals surface area (Å²) in [7, 11) is 0. The van der Waals surface area contributed by atoms with Gasteiger partial charge in [0, 0.05) is 31.2 Å². The average Bonchev–Trinajstić information content (AvgIpc) is 3.10. The molecule has 7 nitrogen and oxygen atoms in total. The third-order valence-electron chi connectivity index (χ3n) is 7.16. The average molecular weight is 413 g/mol. The zero-order valence-electron chi connectivity index (χ0n) is 17.8. The summed E-state index contributed by atoms with van der Waals surface area (Å²) in [5, 5.41) is 5.99. The van der Waals surface area contributed by atoms with Crippen molar-refractivity contribution in [1.82, 2.24) is 15.1 Å². The van der Waals surface area contributed by atoms with Gasteiger partial charge in [-0.2, -0.15) is 0 Å². The zero-order valence-corrected chi connectivity index (χ0v) is 17.8. The van der Waals surface area contributed by atoms with Gasteiger partial charge in [0.25, 0.3) is 0 Å². The molecule has 2 N–H and O–H groups in total. The summed E-state index contributed by atoms with van der Waals surface area (Å²) < 4.78 is 0.